The Morgan fingerprint density at radius 1 is 1.33 bits per heavy atom. The fourth-order valence-electron chi connectivity index (χ4n) is 2.20. The first kappa shape index (κ1) is 13.3. The maximum atomic E-state index is 5.97. The molecule has 0 spiro atoms. The minimum atomic E-state index is 0.662. The summed E-state index contributed by atoms with van der Waals surface area (Å²) in [6, 6.07) is 8.48. The van der Waals surface area contributed by atoms with Crippen LogP contribution in [0.2, 0.25) is 0 Å². The van der Waals surface area contributed by atoms with Crippen LogP contribution in [-0.2, 0) is 6.54 Å². The molecule has 2 heterocycles. The molecule has 108 valence electrons. The van der Waals surface area contributed by atoms with E-state index in [0.717, 1.165) is 27.4 Å². The maximum Gasteiger partial charge on any atom is 0.243 e. The Labute approximate surface area is 134 Å². The van der Waals surface area contributed by atoms with Crippen LogP contribution in [0.3, 0.4) is 0 Å². The third-order valence-electron chi connectivity index (χ3n) is 3.49. The van der Waals surface area contributed by atoms with Crippen molar-refractivity contribution in [2.45, 2.75) is 25.4 Å². The number of fused-ring (bicyclic) bond motifs is 1. The second kappa shape index (κ2) is 5.44. The molecule has 4 nitrogen and oxygen atoms in total. The molecular weight excluding hydrogens is 350 g/mol. The molecule has 1 saturated carbocycles. The molecule has 0 amide bonds. The maximum absolute atomic E-state index is 5.97. The third kappa shape index (κ3) is 2.84. The van der Waals surface area contributed by atoms with Crippen molar-refractivity contribution in [3.05, 3.63) is 46.0 Å². The van der Waals surface area contributed by atoms with Gasteiger partial charge in [0.1, 0.15) is 11.4 Å². The summed E-state index contributed by atoms with van der Waals surface area (Å²) >= 11 is 5.05. The van der Waals surface area contributed by atoms with Gasteiger partial charge in [-0.2, -0.15) is 4.98 Å². The summed E-state index contributed by atoms with van der Waals surface area (Å²) in [4.78, 5) is 5.56. The van der Waals surface area contributed by atoms with Crippen molar-refractivity contribution in [2.75, 3.05) is 0 Å². The zero-order valence-electron chi connectivity index (χ0n) is 11.3. The first-order valence-electron chi connectivity index (χ1n) is 6.91. The number of thiazole rings is 1. The lowest BCUT2D eigenvalue weighted by Crippen LogP contribution is -2.16. The van der Waals surface area contributed by atoms with Crippen LogP contribution < -0.4 is 10.1 Å². The number of aromatic nitrogens is 2. The smallest absolute Gasteiger partial charge is 0.243 e. The van der Waals surface area contributed by atoms with E-state index in [-0.39, 0.29) is 0 Å². The number of nitrogens with zero attached hydrogens (tertiary/aromatic N) is 2. The Hall–Kier alpha value is -1.37. The summed E-state index contributed by atoms with van der Waals surface area (Å²) in [6.07, 6.45) is 4.59. The number of imidazole rings is 1. The molecule has 0 unspecified atom stereocenters. The van der Waals surface area contributed by atoms with Gasteiger partial charge in [-0.05, 0) is 37.1 Å². The minimum absolute atomic E-state index is 0.662. The Bertz CT molecular complexity index is 761. The number of ether oxygens (including phenoxy) is 1. The molecule has 1 aliphatic carbocycles. The highest BCUT2D eigenvalue weighted by atomic mass is 79.9. The van der Waals surface area contributed by atoms with Gasteiger partial charge in [-0.1, -0.05) is 15.9 Å². The highest BCUT2D eigenvalue weighted by Crippen LogP contribution is 2.29. The van der Waals surface area contributed by atoms with Gasteiger partial charge in [-0.3, -0.25) is 4.40 Å². The first-order valence-corrected chi connectivity index (χ1v) is 8.58. The second-order valence-electron chi connectivity index (χ2n) is 5.13. The number of hydrogen-bond acceptors (Lipinski definition) is 4. The van der Waals surface area contributed by atoms with E-state index in [9.17, 15) is 0 Å². The molecule has 2 aromatic heterocycles. The standard InChI is InChI=1S/C15H14BrN3OS/c16-10-1-5-12(6-2-10)20-14-13(9-17-11-3-4-11)19-7-8-21-15(19)18-14/h1-2,5-8,11,17H,3-4,9H2. The molecule has 0 aliphatic heterocycles. The molecule has 1 aliphatic rings. The molecule has 1 aromatic carbocycles. The zero-order chi connectivity index (χ0) is 14.2. The first-order chi connectivity index (χ1) is 10.3. The highest BCUT2D eigenvalue weighted by Gasteiger charge is 2.23. The lowest BCUT2D eigenvalue weighted by Gasteiger charge is -2.07. The van der Waals surface area contributed by atoms with E-state index in [1.807, 2.05) is 35.8 Å². The third-order valence-corrected chi connectivity index (χ3v) is 4.77. The van der Waals surface area contributed by atoms with Crippen LogP contribution in [-0.4, -0.2) is 15.4 Å². The SMILES string of the molecule is Brc1ccc(Oc2nc3sccn3c2CNC2CC2)cc1. The van der Waals surface area contributed by atoms with Crippen molar-refractivity contribution in [3.63, 3.8) is 0 Å². The van der Waals surface area contributed by atoms with E-state index in [0.29, 0.717) is 11.9 Å². The summed E-state index contributed by atoms with van der Waals surface area (Å²) in [5.41, 5.74) is 1.08. The van der Waals surface area contributed by atoms with Gasteiger partial charge in [0, 0.05) is 28.6 Å². The lowest BCUT2D eigenvalue weighted by molar-refractivity contribution is 0.455. The Morgan fingerprint density at radius 3 is 2.90 bits per heavy atom. The van der Waals surface area contributed by atoms with E-state index in [4.69, 9.17) is 4.74 Å². The van der Waals surface area contributed by atoms with E-state index in [2.05, 4.69) is 30.6 Å². The molecule has 3 aromatic rings. The van der Waals surface area contributed by atoms with Gasteiger partial charge in [-0.25, -0.2) is 0 Å². The van der Waals surface area contributed by atoms with Crippen molar-refractivity contribution in [2.24, 2.45) is 0 Å². The van der Waals surface area contributed by atoms with E-state index in [1.54, 1.807) is 11.3 Å². The van der Waals surface area contributed by atoms with Gasteiger partial charge in [0.05, 0.1) is 0 Å². The van der Waals surface area contributed by atoms with Crippen LogP contribution in [0.25, 0.3) is 4.96 Å². The molecule has 4 rings (SSSR count). The van der Waals surface area contributed by atoms with Crippen molar-refractivity contribution < 1.29 is 4.74 Å². The molecule has 0 bridgehead atoms. The minimum Gasteiger partial charge on any atom is -0.437 e. The number of nitrogens with one attached hydrogen (secondary N) is 1. The topological polar surface area (TPSA) is 38.6 Å². The quantitative estimate of drug-likeness (QED) is 0.737. The molecule has 21 heavy (non-hydrogen) atoms. The summed E-state index contributed by atoms with van der Waals surface area (Å²) in [7, 11) is 0. The molecule has 1 fully saturated rings. The van der Waals surface area contributed by atoms with Crippen molar-refractivity contribution in [1.29, 1.82) is 0 Å². The van der Waals surface area contributed by atoms with E-state index >= 15 is 0 Å². The van der Waals surface area contributed by atoms with Crippen LogP contribution in [0.5, 0.6) is 11.6 Å². The predicted octanol–water partition coefficient (Wildman–Crippen LogP) is 4.20. The number of rotatable bonds is 5. The largest absolute Gasteiger partial charge is 0.437 e. The average Bonchev–Trinajstić information content (AvgIpc) is 3.10. The predicted molar refractivity (Wildman–Crippen MR) is 87.1 cm³/mol. The van der Waals surface area contributed by atoms with Crippen molar-refractivity contribution >= 4 is 32.2 Å². The number of hydrogen-bond donors (Lipinski definition) is 1. The monoisotopic (exact) mass is 363 g/mol. The van der Waals surface area contributed by atoms with E-state index < -0.39 is 0 Å². The Morgan fingerprint density at radius 2 is 2.14 bits per heavy atom. The van der Waals surface area contributed by atoms with E-state index in [1.165, 1.54) is 12.8 Å². The Kier molecular flexibility index (Phi) is 3.45. The van der Waals surface area contributed by atoms with Gasteiger partial charge in [0.25, 0.3) is 0 Å². The molecular formula is C15H14BrN3OS. The van der Waals surface area contributed by atoms with Crippen LogP contribution in [0.4, 0.5) is 0 Å². The van der Waals surface area contributed by atoms with Gasteiger partial charge in [0.15, 0.2) is 4.96 Å². The van der Waals surface area contributed by atoms with Gasteiger partial charge < -0.3 is 10.1 Å². The van der Waals surface area contributed by atoms with Gasteiger partial charge >= 0.3 is 0 Å². The van der Waals surface area contributed by atoms with Crippen molar-refractivity contribution in [3.8, 4) is 11.6 Å². The van der Waals surface area contributed by atoms with Crippen LogP contribution in [0.1, 0.15) is 18.5 Å². The summed E-state index contributed by atoms with van der Waals surface area (Å²) in [5, 5.41) is 5.58. The van der Waals surface area contributed by atoms with Gasteiger partial charge in [-0.15, -0.1) is 11.3 Å². The highest BCUT2D eigenvalue weighted by molar-refractivity contribution is 9.10. The molecule has 1 N–H and O–H groups in total. The number of benzene rings is 1. The van der Waals surface area contributed by atoms with Crippen molar-refractivity contribution in [1.82, 2.24) is 14.7 Å². The summed E-state index contributed by atoms with van der Waals surface area (Å²) in [6.45, 7) is 0.786. The number of halogens is 1. The molecule has 6 heteroatoms. The fraction of sp³-hybridized carbons (Fsp3) is 0.267. The second-order valence-corrected chi connectivity index (χ2v) is 6.92. The van der Waals surface area contributed by atoms with Crippen LogP contribution in [0, 0.1) is 0 Å². The Balaban J connectivity index is 1.64. The average molecular weight is 364 g/mol. The lowest BCUT2D eigenvalue weighted by atomic mass is 10.3. The van der Waals surface area contributed by atoms with Crippen LogP contribution >= 0.6 is 27.3 Å². The molecule has 0 saturated heterocycles. The van der Waals surface area contributed by atoms with Gasteiger partial charge in [0.2, 0.25) is 5.88 Å². The molecule has 0 atom stereocenters. The normalized spacial score (nSPS) is 14.7. The molecule has 0 radical (unpaired) electrons. The zero-order valence-corrected chi connectivity index (χ0v) is 13.7. The summed E-state index contributed by atoms with van der Waals surface area (Å²) < 4.78 is 9.12. The summed E-state index contributed by atoms with van der Waals surface area (Å²) in [5.74, 6) is 1.49. The van der Waals surface area contributed by atoms with Crippen LogP contribution in [0.15, 0.2) is 40.3 Å². The fourth-order valence-corrected chi connectivity index (χ4v) is 3.19.